The highest BCUT2D eigenvalue weighted by molar-refractivity contribution is 6.00. The van der Waals surface area contributed by atoms with Gasteiger partial charge in [0.2, 0.25) is 0 Å². The number of carbonyl (C=O) groups is 2. The van der Waals surface area contributed by atoms with E-state index in [-0.39, 0.29) is 29.4 Å². The summed E-state index contributed by atoms with van der Waals surface area (Å²) in [5.74, 6) is 1.30. The maximum Gasteiger partial charge on any atom is 0.348 e. The fraction of sp³-hybridized carbons (Fsp3) is 0.516. The van der Waals surface area contributed by atoms with E-state index in [0.717, 1.165) is 31.6 Å². The number of aryl methyl sites for hydroxylation is 2. The SMILES string of the molecule is CC.CCC(=O)c1c(N)cc(C(C)CC/C=C/NC)oc1=O.CCCCOc1ccc(C)c(C)c1.COC=O. The van der Waals surface area contributed by atoms with Crippen molar-refractivity contribution in [1.29, 1.82) is 0 Å². The van der Waals surface area contributed by atoms with E-state index in [1.54, 1.807) is 13.0 Å². The van der Waals surface area contributed by atoms with Crippen LogP contribution in [0.25, 0.3) is 0 Å². The smallest absolute Gasteiger partial charge is 0.348 e. The molecule has 1 unspecified atom stereocenters. The molecule has 1 heterocycles. The van der Waals surface area contributed by atoms with Crippen LogP contribution in [0.2, 0.25) is 0 Å². The number of anilines is 1. The number of methoxy groups -OCH3 is 1. The Morgan fingerprint density at radius 3 is 2.28 bits per heavy atom. The van der Waals surface area contributed by atoms with Crippen molar-refractivity contribution in [2.75, 3.05) is 26.5 Å². The number of nitrogens with two attached hydrogens (primary N) is 1. The van der Waals surface area contributed by atoms with E-state index >= 15 is 0 Å². The van der Waals surface area contributed by atoms with Crippen LogP contribution in [0.15, 0.2) is 45.8 Å². The first kappa shape index (κ1) is 37.6. The minimum absolute atomic E-state index is 0.0291. The molecule has 1 aromatic heterocycles. The van der Waals surface area contributed by atoms with Crippen molar-refractivity contribution in [3.63, 3.8) is 0 Å². The van der Waals surface area contributed by atoms with Crippen LogP contribution in [0.4, 0.5) is 5.69 Å². The summed E-state index contributed by atoms with van der Waals surface area (Å²) >= 11 is 0. The fourth-order valence-corrected chi connectivity index (χ4v) is 3.05. The molecule has 0 aliphatic heterocycles. The highest BCUT2D eigenvalue weighted by atomic mass is 16.5. The Morgan fingerprint density at radius 2 is 1.79 bits per heavy atom. The molecule has 0 aliphatic carbocycles. The van der Waals surface area contributed by atoms with E-state index < -0.39 is 5.63 Å². The molecule has 220 valence electrons. The molecule has 0 saturated heterocycles. The number of allylic oxidation sites excluding steroid dienone is 1. The van der Waals surface area contributed by atoms with Gasteiger partial charge in [0.15, 0.2) is 5.78 Å². The molecule has 8 nitrogen and oxygen atoms in total. The lowest BCUT2D eigenvalue weighted by Gasteiger charge is -2.11. The highest BCUT2D eigenvalue weighted by Crippen LogP contribution is 2.23. The zero-order valence-electron chi connectivity index (χ0n) is 25.4. The van der Waals surface area contributed by atoms with E-state index in [9.17, 15) is 9.59 Å². The summed E-state index contributed by atoms with van der Waals surface area (Å²) in [7, 11) is 3.15. The van der Waals surface area contributed by atoms with Crippen molar-refractivity contribution in [1.82, 2.24) is 5.32 Å². The Hall–Kier alpha value is -3.55. The number of nitrogens with one attached hydrogen (secondary N) is 1. The second kappa shape index (κ2) is 23.6. The van der Waals surface area contributed by atoms with Crippen molar-refractivity contribution in [3.8, 4) is 5.75 Å². The number of ether oxygens (including phenoxy) is 2. The number of rotatable bonds is 12. The highest BCUT2D eigenvalue weighted by Gasteiger charge is 2.18. The molecule has 0 saturated carbocycles. The van der Waals surface area contributed by atoms with Crippen LogP contribution in [0.1, 0.15) is 99.9 Å². The second-order valence-corrected chi connectivity index (χ2v) is 8.49. The molecule has 0 fully saturated rings. The number of hydrogen-bond donors (Lipinski definition) is 2. The lowest BCUT2D eigenvalue weighted by molar-refractivity contribution is -0.126. The van der Waals surface area contributed by atoms with Crippen LogP contribution in [0.5, 0.6) is 5.75 Å². The summed E-state index contributed by atoms with van der Waals surface area (Å²) in [4.78, 5) is 32.4. The lowest BCUT2D eigenvalue weighted by Crippen LogP contribution is -2.18. The number of ketones is 1. The van der Waals surface area contributed by atoms with E-state index in [2.05, 4.69) is 43.0 Å². The molecule has 2 rings (SSSR count). The maximum absolute atomic E-state index is 11.9. The average Bonchev–Trinajstić information content (AvgIpc) is 2.94. The predicted molar refractivity (Wildman–Crippen MR) is 161 cm³/mol. The van der Waals surface area contributed by atoms with E-state index in [0.29, 0.717) is 12.2 Å². The third-order valence-electron chi connectivity index (χ3n) is 5.48. The molecule has 39 heavy (non-hydrogen) atoms. The van der Waals surface area contributed by atoms with Crippen molar-refractivity contribution in [2.24, 2.45) is 0 Å². The Kier molecular flexibility index (Phi) is 22.7. The molecular weight excluding hydrogens is 496 g/mol. The standard InChI is InChI=1S/C15H22N2O3.C12H18O.C2H4O2.C2H6/c1-4-12(18)14-11(16)9-13(20-15(14)19)10(2)7-5-6-8-17-3;1-4-5-8-13-12-7-6-10(2)11(3)9-12;1-4-2-3;1-2/h6,8-10,17H,4-5,7,16H2,1-3H3;6-7,9H,4-5,8H2,1-3H3;2H,1H3;1-2H3/b8-6+;;;. The molecule has 3 N–H and O–H groups in total. The number of carbonyl (C=O) groups excluding carboxylic acids is 2. The summed E-state index contributed by atoms with van der Waals surface area (Å²) in [5.41, 5.74) is 7.98. The third-order valence-corrected chi connectivity index (χ3v) is 5.48. The van der Waals surface area contributed by atoms with Gasteiger partial charge in [0.25, 0.3) is 6.47 Å². The molecule has 0 radical (unpaired) electrons. The van der Waals surface area contributed by atoms with Gasteiger partial charge in [-0.15, -0.1) is 0 Å². The average molecular weight is 547 g/mol. The Bertz CT molecular complexity index is 1030. The monoisotopic (exact) mass is 546 g/mol. The van der Waals surface area contributed by atoms with Gasteiger partial charge < -0.3 is 24.9 Å². The molecule has 0 spiro atoms. The maximum atomic E-state index is 11.9. The number of Topliss-reactive ketones (excluding diaryl/α,β-unsaturated/α-hetero) is 1. The van der Waals surface area contributed by atoms with Gasteiger partial charge in [-0.3, -0.25) is 9.59 Å². The number of nitrogen functional groups attached to an aromatic ring is 1. The van der Waals surface area contributed by atoms with Gasteiger partial charge in [-0.25, -0.2) is 4.79 Å². The predicted octanol–water partition coefficient (Wildman–Crippen LogP) is 6.73. The number of unbranched alkanes of at least 4 members (excludes halogenated alkanes) is 1. The van der Waals surface area contributed by atoms with Crippen LogP contribution in [0.3, 0.4) is 0 Å². The first-order valence-electron chi connectivity index (χ1n) is 13.6. The largest absolute Gasteiger partial charge is 0.494 e. The van der Waals surface area contributed by atoms with Crippen molar-refractivity contribution in [2.45, 2.75) is 86.5 Å². The molecule has 2 aromatic rings. The van der Waals surface area contributed by atoms with Crippen LogP contribution < -0.4 is 21.4 Å². The first-order chi connectivity index (χ1) is 18.7. The minimum atomic E-state index is -0.635. The molecule has 0 aliphatic rings. The zero-order valence-corrected chi connectivity index (χ0v) is 25.4. The third kappa shape index (κ3) is 16.1. The fourth-order valence-electron chi connectivity index (χ4n) is 3.05. The molecular formula is C31H50N2O6. The van der Waals surface area contributed by atoms with E-state index in [1.165, 1.54) is 24.7 Å². The summed E-state index contributed by atoms with van der Waals surface area (Å²) in [6.07, 6.45) is 8.12. The molecule has 1 atom stereocenters. The van der Waals surface area contributed by atoms with Gasteiger partial charge in [0.05, 0.1) is 19.4 Å². The summed E-state index contributed by atoms with van der Waals surface area (Å²) in [5, 5.41) is 2.91. The zero-order chi connectivity index (χ0) is 30.2. The number of benzene rings is 1. The summed E-state index contributed by atoms with van der Waals surface area (Å²) in [6, 6.07) is 7.84. The van der Waals surface area contributed by atoms with Gasteiger partial charge in [-0.05, 0) is 62.6 Å². The first-order valence-corrected chi connectivity index (χ1v) is 13.6. The summed E-state index contributed by atoms with van der Waals surface area (Å²) in [6.45, 7) is 15.3. The van der Waals surface area contributed by atoms with Gasteiger partial charge in [0, 0.05) is 25.5 Å². The summed E-state index contributed by atoms with van der Waals surface area (Å²) < 4.78 is 14.7. The van der Waals surface area contributed by atoms with Crippen LogP contribution in [-0.2, 0) is 9.53 Å². The van der Waals surface area contributed by atoms with E-state index in [4.69, 9.17) is 19.7 Å². The van der Waals surface area contributed by atoms with Crippen LogP contribution in [-0.4, -0.2) is 33.0 Å². The number of hydrogen-bond acceptors (Lipinski definition) is 8. The van der Waals surface area contributed by atoms with Crippen LogP contribution >= 0.6 is 0 Å². The van der Waals surface area contributed by atoms with Gasteiger partial charge >= 0.3 is 5.63 Å². The van der Waals surface area contributed by atoms with Crippen molar-refractivity contribution < 1.29 is 23.5 Å². The second-order valence-electron chi connectivity index (χ2n) is 8.49. The molecule has 0 amide bonds. The Labute approximate surface area is 235 Å². The van der Waals surface area contributed by atoms with Gasteiger partial charge in [-0.2, -0.15) is 0 Å². The Morgan fingerprint density at radius 1 is 1.15 bits per heavy atom. The van der Waals surface area contributed by atoms with Crippen LogP contribution in [0, 0.1) is 13.8 Å². The van der Waals surface area contributed by atoms with Crippen molar-refractivity contribution in [3.05, 3.63) is 69.4 Å². The molecule has 0 bridgehead atoms. The lowest BCUT2D eigenvalue weighted by atomic mass is 10.0. The van der Waals surface area contributed by atoms with Crippen molar-refractivity contribution >= 4 is 17.9 Å². The molecule has 8 heteroatoms. The Balaban J connectivity index is 0. The normalized spacial score (nSPS) is 10.5. The van der Waals surface area contributed by atoms with E-state index in [1.807, 2.05) is 46.2 Å². The minimum Gasteiger partial charge on any atom is -0.494 e. The molecule has 1 aromatic carbocycles. The van der Waals surface area contributed by atoms with Gasteiger partial charge in [0.1, 0.15) is 17.1 Å². The topological polar surface area (TPSA) is 121 Å². The quantitative estimate of drug-likeness (QED) is 0.171. The van der Waals surface area contributed by atoms with Gasteiger partial charge in [-0.1, -0.05) is 53.2 Å².